The number of primary amides is 1. The second-order valence-electron chi connectivity index (χ2n) is 5.75. The zero-order valence-corrected chi connectivity index (χ0v) is 12.7. The Labute approximate surface area is 116 Å². The van der Waals surface area contributed by atoms with E-state index >= 15 is 0 Å². The van der Waals surface area contributed by atoms with E-state index in [9.17, 15) is 4.79 Å². The van der Waals surface area contributed by atoms with Gasteiger partial charge in [-0.05, 0) is 46.7 Å². The van der Waals surface area contributed by atoms with E-state index in [1.165, 1.54) is 0 Å². The molecule has 1 aliphatic heterocycles. The number of nitrogens with two attached hydrogens (primary N) is 1. The quantitative estimate of drug-likeness (QED) is 0.716. The maximum absolute atomic E-state index is 11.4. The van der Waals surface area contributed by atoms with Gasteiger partial charge in [-0.25, -0.2) is 0 Å². The van der Waals surface area contributed by atoms with E-state index in [-0.39, 0.29) is 5.91 Å². The van der Waals surface area contributed by atoms with Crippen LogP contribution in [0.15, 0.2) is 0 Å². The Morgan fingerprint density at radius 3 is 2.79 bits per heavy atom. The molecule has 0 aliphatic carbocycles. The third-order valence-corrected chi connectivity index (χ3v) is 4.27. The van der Waals surface area contributed by atoms with Gasteiger partial charge in [-0.3, -0.25) is 9.69 Å². The Morgan fingerprint density at radius 2 is 2.26 bits per heavy atom. The van der Waals surface area contributed by atoms with Gasteiger partial charge in [0.05, 0.1) is 18.2 Å². The maximum atomic E-state index is 11.4. The molecule has 1 saturated heterocycles. The normalized spacial score (nSPS) is 28.0. The fourth-order valence-corrected chi connectivity index (χ4v) is 2.57. The van der Waals surface area contributed by atoms with Gasteiger partial charge in [0.1, 0.15) is 0 Å². The monoisotopic (exact) mass is 271 g/mol. The topological polar surface area (TPSA) is 67.6 Å². The predicted octanol–water partition coefficient (Wildman–Crippen LogP) is 0.729. The standard InChI is InChI=1S/C14H29N3O2/c1-5-12-10-19-11(2)9-17(12)8-6-7-14(3,16-4)13(15)18/h11-12,16H,5-10H2,1-4H3,(H2,15,18). The van der Waals surface area contributed by atoms with Crippen molar-refractivity contribution in [1.82, 2.24) is 10.2 Å². The molecule has 3 unspecified atom stereocenters. The number of ether oxygens (including phenoxy) is 1. The van der Waals surface area contributed by atoms with Crippen LogP contribution in [0.25, 0.3) is 0 Å². The van der Waals surface area contributed by atoms with Crippen LogP contribution in [0.3, 0.4) is 0 Å². The minimum absolute atomic E-state index is 0.280. The molecular formula is C14H29N3O2. The molecule has 0 aromatic heterocycles. The molecule has 0 spiro atoms. The fraction of sp³-hybridized carbons (Fsp3) is 0.929. The summed E-state index contributed by atoms with van der Waals surface area (Å²) in [6.45, 7) is 8.96. The van der Waals surface area contributed by atoms with Crippen molar-refractivity contribution in [2.24, 2.45) is 5.73 Å². The summed E-state index contributed by atoms with van der Waals surface area (Å²) in [5, 5.41) is 3.03. The van der Waals surface area contributed by atoms with Crippen LogP contribution < -0.4 is 11.1 Å². The first-order valence-corrected chi connectivity index (χ1v) is 7.27. The van der Waals surface area contributed by atoms with Crippen LogP contribution >= 0.6 is 0 Å². The average molecular weight is 271 g/mol. The van der Waals surface area contributed by atoms with Crippen molar-refractivity contribution in [2.45, 2.75) is 57.7 Å². The van der Waals surface area contributed by atoms with Crippen molar-refractivity contribution in [3.63, 3.8) is 0 Å². The molecule has 0 radical (unpaired) electrons. The Balaban J connectivity index is 2.44. The van der Waals surface area contributed by atoms with Gasteiger partial charge in [0.2, 0.25) is 5.91 Å². The van der Waals surface area contributed by atoms with Crippen LogP contribution in [0.2, 0.25) is 0 Å². The highest BCUT2D eigenvalue weighted by Gasteiger charge is 2.30. The van der Waals surface area contributed by atoms with Gasteiger partial charge in [0, 0.05) is 12.6 Å². The number of amides is 1. The van der Waals surface area contributed by atoms with E-state index in [0.717, 1.165) is 39.0 Å². The van der Waals surface area contributed by atoms with Crippen molar-refractivity contribution in [1.29, 1.82) is 0 Å². The molecule has 1 fully saturated rings. The Kier molecular flexibility index (Phi) is 6.23. The van der Waals surface area contributed by atoms with Crippen molar-refractivity contribution in [3.8, 4) is 0 Å². The number of morpholine rings is 1. The number of likely N-dealkylation sites (N-methyl/N-ethyl adjacent to an activating group) is 1. The molecule has 19 heavy (non-hydrogen) atoms. The van der Waals surface area contributed by atoms with Gasteiger partial charge in [0.15, 0.2) is 0 Å². The summed E-state index contributed by atoms with van der Waals surface area (Å²) in [6, 6.07) is 0.505. The first kappa shape index (κ1) is 16.4. The van der Waals surface area contributed by atoms with E-state index in [2.05, 4.69) is 24.1 Å². The number of carbonyl (C=O) groups is 1. The van der Waals surface area contributed by atoms with Gasteiger partial charge in [-0.2, -0.15) is 0 Å². The van der Waals surface area contributed by atoms with Crippen LogP contribution in [-0.4, -0.2) is 55.2 Å². The lowest BCUT2D eigenvalue weighted by atomic mass is 9.95. The summed E-state index contributed by atoms with van der Waals surface area (Å²) in [5.41, 5.74) is 4.84. The van der Waals surface area contributed by atoms with E-state index in [0.29, 0.717) is 12.1 Å². The van der Waals surface area contributed by atoms with Crippen LogP contribution in [-0.2, 0) is 9.53 Å². The molecule has 0 aromatic carbocycles. The second-order valence-corrected chi connectivity index (χ2v) is 5.75. The lowest BCUT2D eigenvalue weighted by molar-refractivity contribution is -0.124. The molecule has 0 saturated carbocycles. The van der Waals surface area contributed by atoms with Crippen LogP contribution in [0.1, 0.15) is 40.0 Å². The minimum Gasteiger partial charge on any atom is -0.376 e. The average Bonchev–Trinajstić information content (AvgIpc) is 2.38. The highest BCUT2D eigenvalue weighted by molar-refractivity contribution is 5.84. The maximum Gasteiger partial charge on any atom is 0.237 e. The molecule has 0 bridgehead atoms. The molecule has 0 aromatic rings. The highest BCUT2D eigenvalue weighted by atomic mass is 16.5. The highest BCUT2D eigenvalue weighted by Crippen LogP contribution is 2.17. The summed E-state index contributed by atoms with van der Waals surface area (Å²) in [4.78, 5) is 13.9. The predicted molar refractivity (Wildman–Crippen MR) is 77.0 cm³/mol. The van der Waals surface area contributed by atoms with Crippen molar-refractivity contribution in [3.05, 3.63) is 0 Å². The minimum atomic E-state index is -0.598. The van der Waals surface area contributed by atoms with E-state index in [1.807, 2.05) is 6.92 Å². The molecule has 1 aliphatic rings. The molecule has 1 rings (SSSR count). The Hall–Kier alpha value is -0.650. The first-order chi connectivity index (χ1) is 8.92. The van der Waals surface area contributed by atoms with E-state index in [1.54, 1.807) is 7.05 Å². The molecule has 1 amide bonds. The SMILES string of the molecule is CCC1COC(C)CN1CCCC(C)(NC)C(N)=O. The zero-order chi connectivity index (χ0) is 14.5. The first-order valence-electron chi connectivity index (χ1n) is 7.27. The Morgan fingerprint density at radius 1 is 1.58 bits per heavy atom. The third-order valence-electron chi connectivity index (χ3n) is 4.27. The molecule has 1 heterocycles. The summed E-state index contributed by atoms with van der Waals surface area (Å²) < 4.78 is 5.69. The van der Waals surface area contributed by atoms with Gasteiger partial charge in [-0.1, -0.05) is 6.92 Å². The summed E-state index contributed by atoms with van der Waals surface area (Å²) >= 11 is 0. The molecule has 5 nitrogen and oxygen atoms in total. The largest absolute Gasteiger partial charge is 0.376 e. The van der Waals surface area contributed by atoms with Gasteiger partial charge in [-0.15, -0.1) is 0 Å². The van der Waals surface area contributed by atoms with Crippen molar-refractivity contribution in [2.75, 3.05) is 26.7 Å². The third kappa shape index (κ3) is 4.44. The second kappa shape index (κ2) is 7.22. The lowest BCUT2D eigenvalue weighted by Crippen LogP contribution is -2.52. The number of nitrogens with one attached hydrogen (secondary N) is 1. The van der Waals surface area contributed by atoms with E-state index < -0.39 is 5.54 Å². The smallest absolute Gasteiger partial charge is 0.237 e. The van der Waals surface area contributed by atoms with Crippen LogP contribution in [0, 0.1) is 0 Å². The number of hydrogen-bond donors (Lipinski definition) is 2. The Bertz CT molecular complexity index is 298. The molecular weight excluding hydrogens is 242 g/mol. The van der Waals surface area contributed by atoms with Crippen LogP contribution in [0.4, 0.5) is 0 Å². The molecule has 3 N–H and O–H groups in total. The van der Waals surface area contributed by atoms with Crippen LogP contribution in [0.5, 0.6) is 0 Å². The van der Waals surface area contributed by atoms with Crippen molar-refractivity contribution < 1.29 is 9.53 Å². The fourth-order valence-electron chi connectivity index (χ4n) is 2.57. The number of nitrogens with zero attached hydrogens (tertiary/aromatic N) is 1. The summed E-state index contributed by atoms with van der Waals surface area (Å²) in [7, 11) is 1.79. The van der Waals surface area contributed by atoms with Gasteiger partial charge in [0.25, 0.3) is 0 Å². The number of rotatable bonds is 7. The number of hydrogen-bond acceptors (Lipinski definition) is 4. The molecule has 112 valence electrons. The van der Waals surface area contributed by atoms with Gasteiger partial charge < -0.3 is 15.8 Å². The van der Waals surface area contributed by atoms with Crippen molar-refractivity contribution >= 4 is 5.91 Å². The summed E-state index contributed by atoms with van der Waals surface area (Å²) in [5.74, 6) is -0.280. The molecule has 3 atom stereocenters. The van der Waals surface area contributed by atoms with Gasteiger partial charge >= 0.3 is 0 Å². The summed E-state index contributed by atoms with van der Waals surface area (Å²) in [6.07, 6.45) is 3.13. The number of carbonyl (C=O) groups excluding carboxylic acids is 1. The lowest BCUT2D eigenvalue weighted by Gasteiger charge is -2.38. The molecule has 5 heteroatoms. The zero-order valence-electron chi connectivity index (χ0n) is 12.7. The van der Waals surface area contributed by atoms with E-state index in [4.69, 9.17) is 10.5 Å².